The minimum atomic E-state index is 0.469. The standard InChI is InChI=1S/C11H9ClN4/c12-7-2-1-3-8-11(7)6(5-14-8)9-4-10(13)16-15-9/h1-5,14H,(H3,13,15,16). The minimum Gasteiger partial charge on any atom is -0.382 e. The molecule has 3 rings (SSSR count). The number of halogens is 1. The Labute approximate surface area is 96.4 Å². The number of nitrogens with zero attached hydrogens (tertiary/aromatic N) is 1. The Kier molecular flexibility index (Phi) is 1.91. The summed E-state index contributed by atoms with van der Waals surface area (Å²) in [7, 11) is 0. The summed E-state index contributed by atoms with van der Waals surface area (Å²) in [6.45, 7) is 0. The first-order valence-corrected chi connectivity index (χ1v) is 5.20. The van der Waals surface area contributed by atoms with Gasteiger partial charge in [0.1, 0.15) is 5.82 Å². The number of nitrogen functional groups attached to an aromatic ring is 1. The number of aromatic nitrogens is 3. The van der Waals surface area contributed by atoms with Crippen molar-refractivity contribution in [2.45, 2.75) is 0 Å². The number of benzene rings is 1. The van der Waals surface area contributed by atoms with Gasteiger partial charge in [0.15, 0.2) is 0 Å². The molecule has 0 atom stereocenters. The van der Waals surface area contributed by atoms with E-state index in [4.69, 9.17) is 17.3 Å². The summed E-state index contributed by atoms with van der Waals surface area (Å²) in [6, 6.07) is 7.53. The molecule has 0 fully saturated rings. The van der Waals surface area contributed by atoms with Gasteiger partial charge in [0, 0.05) is 28.7 Å². The third-order valence-electron chi connectivity index (χ3n) is 2.54. The van der Waals surface area contributed by atoms with Crippen LogP contribution in [0.15, 0.2) is 30.5 Å². The first-order chi connectivity index (χ1) is 7.75. The molecular weight excluding hydrogens is 224 g/mol. The van der Waals surface area contributed by atoms with Crippen LogP contribution in [0, 0.1) is 0 Å². The number of nitrogens with one attached hydrogen (secondary N) is 2. The molecule has 1 aromatic carbocycles. The van der Waals surface area contributed by atoms with Crippen LogP contribution < -0.4 is 5.73 Å². The highest BCUT2D eigenvalue weighted by molar-refractivity contribution is 6.36. The zero-order valence-electron chi connectivity index (χ0n) is 8.29. The Bertz CT molecular complexity index is 653. The van der Waals surface area contributed by atoms with E-state index in [-0.39, 0.29) is 0 Å². The summed E-state index contributed by atoms with van der Waals surface area (Å²) in [5.41, 5.74) is 8.41. The fourth-order valence-electron chi connectivity index (χ4n) is 1.83. The molecule has 2 heterocycles. The molecule has 0 aliphatic rings. The van der Waals surface area contributed by atoms with Crippen LogP contribution in [0.2, 0.25) is 5.02 Å². The molecule has 0 aliphatic carbocycles. The Balaban J connectivity index is 2.32. The van der Waals surface area contributed by atoms with Crippen LogP contribution in [-0.2, 0) is 0 Å². The van der Waals surface area contributed by atoms with Crippen molar-refractivity contribution in [1.82, 2.24) is 15.2 Å². The maximum atomic E-state index is 6.17. The Morgan fingerprint density at radius 3 is 2.94 bits per heavy atom. The lowest BCUT2D eigenvalue weighted by Crippen LogP contribution is -1.81. The number of rotatable bonds is 1. The van der Waals surface area contributed by atoms with Crippen LogP contribution in [0.5, 0.6) is 0 Å². The highest BCUT2D eigenvalue weighted by Gasteiger charge is 2.10. The van der Waals surface area contributed by atoms with Crippen molar-refractivity contribution in [3.8, 4) is 11.3 Å². The number of anilines is 1. The van der Waals surface area contributed by atoms with Gasteiger partial charge >= 0.3 is 0 Å². The third kappa shape index (κ3) is 1.27. The molecule has 4 N–H and O–H groups in total. The van der Waals surface area contributed by atoms with Gasteiger partial charge < -0.3 is 10.7 Å². The molecule has 0 radical (unpaired) electrons. The van der Waals surface area contributed by atoms with Crippen molar-refractivity contribution in [1.29, 1.82) is 0 Å². The molecule has 3 aromatic rings. The first-order valence-electron chi connectivity index (χ1n) is 4.82. The van der Waals surface area contributed by atoms with Crippen molar-refractivity contribution < 1.29 is 0 Å². The van der Waals surface area contributed by atoms with Gasteiger partial charge in [-0.2, -0.15) is 5.10 Å². The number of H-pyrrole nitrogens is 2. The second-order valence-electron chi connectivity index (χ2n) is 3.57. The quantitative estimate of drug-likeness (QED) is 0.604. The van der Waals surface area contributed by atoms with E-state index < -0.39 is 0 Å². The zero-order chi connectivity index (χ0) is 11.1. The van der Waals surface area contributed by atoms with Crippen molar-refractivity contribution in [3.05, 3.63) is 35.5 Å². The van der Waals surface area contributed by atoms with Crippen molar-refractivity contribution in [2.24, 2.45) is 0 Å². The molecule has 4 nitrogen and oxygen atoms in total. The molecule has 0 saturated heterocycles. The molecular formula is C11H9ClN4. The van der Waals surface area contributed by atoms with E-state index in [2.05, 4.69) is 15.2 Å². The van der Waals surface area contributed by atoms with E-state index in [0.29, 0.717) is 10.8 Å². The molecule has 5 heteroatoms. The van der Waals surface area contributed by atoms with Crippen LogP contribution >= 0.6 is 11.6 Å². The van der Waals surface area contributed by atoms with E-state index in [0.717, 1.165) is 22.2 Å². The third-order valence-corrected chi connectivity index (χ3v) is 2.86. The maximum absolute atomic E-state index is 6.17. The normalized spacial score (nSPS) is 11.1. The number of fused-ring (bicyclic) bond motifs is 1. The number of hydrogen-bond donors (Lipinski definition) is 3. The lowest BCUT2D eigenvalue weighted by atomic mass is 10.1. The minimum absolute atomic E-state index is 0.469. The van der Waals surface area contributed by atoms with Gasteiger partial charge in [-0.05, 0) is 12.1 Å². The molecule has 0 spiro atoms. The Morgan fingerprint density at radius 1 is 1.31 bits per heavy atom. The van der Waals surface area contributed by atoms with Gasteiger partial charge in [0.25, 0.3) is 0 Å². The highest BCUT2D eigenvalue weighted by atomic mass is 35.5. The second kappa shape index (κ2) is 3.28. The molecule has 0 bridgehead atoms. The fourth-order valence-corrected chi connectivity index (χ4v) is 2.10. The van der Waals surface area contributed by atoms with Gasteiger partial charge in [-0.15, -0.1) is 0 Å². The molecule has 2 aromatic heterocycles. The van der Waals surface area contributed by atoms with Gasteiger partial charge in [-0.25, -0.2) is 0 Å². The Hall–Kier alpha value is -1.94. The highest BCUT2D eigenvalue weighted by Crippen LogP contribution is 2.32. The van der Waals surface area contributed by atoms with Crippen LogP contribution in [0.25, 0.3) is 22.2 Å². The summed E-state index contributed by atoms with van der Waals surface area (Å²) in [6.07, 6.45) is 1.89. The molecule has 0 unspecified atom stereocenters. The number of hydrogen-bond acceptors (Lipinski definition) is 2. The second-order valence-corrected chi connectivity index (χ2v) is 3.98. The van der Waals surface area contributed by atoms with E-state index in [1.54, 1.807) is 6.07 Å². The van der Waals surface area contributed by atoms with Gasteiger partial charge in [0.05, 0.1) is 10.7 Å². The smallest absolute Gasteiger partial charge is 0.145 e. The maximum Gasteiger partial charge on any atom is 0.145 e. The predicted octanol–water partition coefficient (Wildman–Crippen LogP) is 2.79. The van der Waals surface area contributed by atoms with E-state index >= 15 is 0 Å². The molecule has 80 valence electrons. The number of aromatic amines is 2. The van der Waals surface area contributed by atoms with Gasteiger partial charge in [-0.1, -0.05) is 17.7 Å². The predicted molar refractivity (Wildman–Crippen MR) is 65.3 cm³/mol. The van der Waals surface area contributed by atoms with E-state index in [1.807, 2.05) is 24.4 Å². The van der Waals surface area contributed by atoms with Gasteiger partial charge in [0.2, 0.25) is 0 Å². The monoisotopic (exact) mass is 232 g/mol. The lowest BCUT2D eigenvalue weighted by Gasteiger charge is -1.97. The topological polar surface area (TPSA) is 70.5 Å². The zero-order valence-corrected chi connectivity index (χ0v) is 9.05. The fraction of sp³-hybridized carbons (Fsp3) is 0. The van der Waals surface area contributed by atoms with Crippen LogP contribution in [0.1, 0.15) is 0 Å². The molecule has 0 aliphatic heterocycles. The lowest BCUT2D eigenvalue weighted by molar-refractivity contribution is 1.10. The summed E-state index contributed by atoms with van der Waals surface area (Å²) >= 11 is 6.17. The number of nitrogens with two attached hydrogens (primary N) is 1. The largest absolute Gasteiger partial charge is 0.382 e. The van der Waals surface area contributed by atoms with E-state index in [9.17, 15) is 0 Å². The molecule has 0 saturated carbocycles. The van der Waals surface area contributed by atoms with Crippen molar-refractivity contribution >= 4 is 28.3 Å². The molecule has 0 amide bonds. The molecule has 16 heavy (non-hydrogen) atoms. The van der Waals surface area contributed by atoms with Crippen LogP contribution in [0.3, 0.4) is 0 Å². The summed E-state index contributed by atoms with van der Waals surface area (Å²) < 4.78 is 0. The first kappa shape index (κ1) is 9.30. The van der Waals surface area contributed by atoms with E-state index in [1.165, 1.54) is 0 Å². The Morgan fingerprint density at radius 2 is 2.19 bits per heavy atom. The van der Waals surface area contributed by atoms with Crippen molar-refractivity contribution in [2.75, 3.05) is 5.73 Å². The summed E-state index contributed by atoms with van der Waals surface area (Å²) in [5, 5.41) is 8.47. The van der Waals surface area contributed by atoms with Crippen LogP contribution in [-0.4, -0.2) is 15.2 Å². The average molecular weight is 233 g/mol. The van der Waals surface area contributed by atoms with Crippen LogP contribution in [0.4, 0.5) is 5.82 Å². The van der Waals surface area contributed by atoms with Crippen molar-refractivity contribution in [3.63, 3.8) is 0 Å². The average Bonchev–Trinajstić information content (AvgIpc) is 2.84. The SMILES string of the molecule is Nc1cc(-c2c[nH]c3cccc(Cl)c23)[nH]n1. The summed E-state index contributed by atoms with van der Waals surface area (Å²) in [4.78, 5) is 3.16. The summed E-state index contributed by atoms with van der Waals surface area (Å²) in [5.74, 6) is 0.469. The van der Waals surface area contributed by atoms with Gasteiger partial charge in [-0.3, -0.25) is 5.10 Å².